The van der Waals surface area contributed by atoms with Crippen molar-refractivity contribution >= 4 is 5.91 Å². The van der Waals surface area contributed by atoms with E-state index in [1.54, 1.807) is 17.1 Å². The average Bonchev–Trinajstić information content (AvgIpc) is 3.09. The van der Waals surface area contributed by atoms with Crippen LogP contribution in [0.25, 0.3) is 0 Å². The van der Waals surface area contributed by atoms with Crippen LogP contribution in [0, 0.1) is 6.92 Å². The second-order valence-corrected chi connectivity index (χ2v) is 6.97. The zero-order chi connectivity index (χ0) is 18.8. The highest BCUT2D eigenvalue weighted by atomic mass is 19.1. The van der Waals surface area contributed by atoms with Gasteiger partial charge in [-0.1, -0.05) is 42.0 Å². The molecule has 0 saturated heterocycles. The van der Waals surface area contributed by atoms with Crippen LogP contribution in [0.3, 0.4) is 0 Å². The zero-order valence-corrected chi connectivity index (χ0v) is 15.3. The Bertz CT molecular complexity index is 899. The standard InChI is InChI=1S/C21H22FN3O2/c1-15-2-4-16(5-3-15)14-27-20-12-19-13-24(10-11-25(19)23-20)21(26)17-6-8-18(22)9-7-17/h2-8,12,18H,9-11,13-14H2,1H3. The number of ether oxygens (including phenoxy) is 1. The van der Waals surface area contributed by atoms with Gasteiger partial charge in [-0.25, -0.2) is 4.39 Å². The molecule has 4 rings (SSSR count). The first-order valence-electron chi connectivity index (χ1n) is 9.15. The molecule has 2 aliphatic rings. The number of nitrogens with zero attached hydrogens (tertiary/aromatic N) is 3. The molecule has 1 amide bonds. The number of aromatic nitrogens is 2. The number of hydrogen-bond acceptors (Lipinski definition) is 3. The normalized spacial score (nSPS) is 18.8. The van der Waals surface area contributed by atoms with Gasteiger partial charge in [0.15, 0.2) is 0 Å². The summed E-state index contributed by atoms with van der Waals surface area (Å²) in [5, 5.41) is 4.48. The molecular formula is C21H22FN3O2. The van der Waals surface area contributed by atoms with E-state index >= 15 is 0 Å². The van der Waals surface area contributed by atoms with Crippen LogP contribution < -0.4 is 4.74 Å². The molecule has 0 N–H and O–H groups in total. The number of fused-ring (bicyclic) bond motifs is 1. The molecule has 1 aromatic carbocycles. The summed E-state index contributed by atoms with van der Waals surface area (Å²) < 4.78 is 20.9. The molecular weight excluding hydrogens is 345 g/mol. The maximum Gasteiger partial charge on any atom is 0.253 e. The summed E-state index contributed by atoms with van der Waals surface area (Å²) in [5.41, 5.74) is 3.81. The van der Waals surface area contributed by atoms with Gasteiger partial charge >= 0.3 is 0 Å². The van der Waals surface area contributed by atoms with Crippen LogP contribution in [0.15, 0.2) is 54.1 Å². The van der Waals surface area contributed by atoms with E-state index in [-0.39, 0.29) is 12.3 Å². The van der Waals surface area contributed by atoms with Crippen molar-refractivity contribution in [3.05, 3.63) is 71.0 Å². The van der Waals surface area contributed by atoms with Crippen molar-refractivity contribution in [1.82, 2.24) is 14.7 Å². The molecule has 140 valence electrons. The van der Waals surface area contributed by atoms with E-state index in [4.69, 9.17) is 4.74 Å². The Morgan fingerprint density at radius 2 is 2.11 bits per heavy atom. The number of carbonyl (C=O) groups excluding carboxylic acids is 1. The van der Waals surface area contributed by atoms with Crippen molar-refractivity contribution in [3.63, 3.8) is 0 Å². The van der Waals surface area contributed by atoms with Gasteiger partial charge < -0.3 is 9.64 Å². The third-order valence-electron chi connectivity index (χ3n) is 4.86. The Morgan fingerprint density at radius 1 is 1.30 bits per heavy atom. The van der Waals surface area contributed by atoms with Crippen molar-refractivity contribution in [1.29, 1.82) is 0 Å². The smallest absolute Gasteiger partial charge is 0.253 e. The van der Waals surface area contributed by atoms with Crippen LogP contribution >= 0.6 is 0 Å². The number of rotatable bonds is 4. The highest BCUT2D eigenvalue weighted by Gasteiger charge is 2.25. The Kier molecular flexibility index (Phi) is 4.79. The van der Waals surface area contributed by atoms with E-state index in [0.29, 0.717) is 37.7 Å². The third kappa shape index (κ3) is 3.94. The van der Waals surface area contributed by atoms with Crippen molar-refractivity contribution < 1.29 is 13.9 Å². The minimum absolute atomic E-state index is 0.0623. The van der Waals surface area contributed by atoms with Crippen LogP contribution in [0.4, 0.5) is 4.39 Å². The van der Waals surface area contributed by atoms with Crippen molar-refractivity contribution in [2.45, 2.75) is 39.2 Å². The first-order chi connectivity index (χ1) is 13.1. The fraction of sp³-hybridized carbons (Fsp3) is 0.333. The molecule has 5 nitrogen and oxygen atoms in total. The minimum atomic E-state index is -0.988. The molecule has 2 heterocycles. The number of carbonyl (C=O) groups is 1. The minimum Gasteiger partial charge on any atom is -0.472 e. The number of halogens is 1. The van der Waals surface area contributed by atoms with Gasteiger partial charge in [-0.3, -0.25) is 9.48 Å². The molecule has 27 heavy (non-hydrogen) atoms. The lowest BCUT2D eigenvalue weighted by molar-refractivity contribution is -0.128. The lowest BCUT2D eigenvalue weighted by Gasteiger charge is -2.28. The van der Waals surface area contributed by atoms with Gasteiger partial charge in [0.1, 0.15) is 12.8 Å². The summed E-state index contributed by atoms with van der Waals surface area (Å²) in [6, 6.07) is 10.1. The SMILES string of the molecule is Cc1ccc(COc2cc3n(n2)CCN(C(=O)C2=CCC(F)C=C2)C3)cc1. The number of amides is 1. The fourth-order valence-electron chi connectivity index (χ4n) is 3.26. The van der Waals surface area contributed by atoms with Gasteiger partial charge in [-0.2, -0.15) is 0 Å². The average molecular weight is 367 g/mol. The molecule has 1 aromatic heterocycles. The lowest BCUT2D eigenvalue weighted by atomic mass is 10.0. The monoisotopic (exact) mass is 367 g/mol. The van der Waals surface area contributed by atoms with E-state index < -0.39 is 6.17 Å². The van der Waals surface area contributed by atoms with Gasteiger partial charge in [-0.05, 0) is 18.6 Å². The summed E-state index contributed by atoms with van der Waals surface area (Å²) in [4.78, 5) is 14.4. The Balaban J connectivity index is 1.39. The molecule has 2 aromatic rings. The molecule has 1 aliphatic heterocycles. The van der Waals surface area contributed by atoms with Crippen LogP contribution in [-0.2, 0) is 24.5 Å². The second-order valence-electron chi connectivity index (χ2n) is 6.97. The van der Waals surface area contributed by atoms with Crippen LogP contribution in [0.2, 0.25) is 0 Å². The zero-order valence-electron chi connectivity index (χ0n) is 15.3. The van der Waals surface area contributed by atoms with Gasteiger partial charge in [0.2, 0.25) is 5.88 Å². The number of allylic oxidation sites excluding steroid dienone is 2. The Labute approximate surface area is 157 Å². The second kappa shape index (κ2) is 7.39. The number of hydrogen-bond donors (Lipinski definition) is 0. The van der Waals surface area contributed by atoms with E-state index in [2.05, 4.69) is 24.2 Å². The molecule has 0 fully saturated rings. The number of benzene rings is 1. The van der Waals surface area contributed by atoms with Crippen molar-refractivity contribution in [3.8, 4) is 5.88 Å². The highest BCUT2D eigenvalue weighted by Crippen LogP contribution is 2.22. The predicted molar refractivity (Wildman–Crippen MR) is 99.9 cm³/mol. The molecule has 1 unspecified atom stereocenters. The van der Waals surface area contributed by atoms with Crippen molar-refractivity contribution in [2.75, 3.05) is 6.54 Å². The topological polar surface area (TPSA) is 47.4 Å². The van der Waals surface area contributed by atoms with E-state index in [0.717, 1.165) is 11.3 Å². The Hall–Kier alpha value is -2.89. The Morgan fingerprint density at radius 3 is 2.85 bits per heavy atom. The summed E-state index contributed by atoms with van der Waals surface area (Å²) in [6.45, 7) is 4.19. The van der Waals surface area contributed by atoms with Gasteiger partial charge in [0.25, 0.3) is 5.91 Å². The van der Waals surface area contributed by atoms with E-state index in [9.17, 15) is 9.18 Å². The summed E-state index contributed by atoms with van der Waals surface area (Å²) in [6.07, 6.45) is 3.98. The van der Waals surface area contributed by atoms with Crippen LogP contribution in [0.1, 0.15) is 23.2 Å². The maximum atomic E-state index is 13.2. The van der Waals surface area contributed by atoms with Gasteiger partial charge in [0, 0.05) is 24.6 Å². The molecule has 0 bridgehead atoms. The lowest BCUT2D eigenvalue weighted by Crippen LogP contribution is -2.39. The molecule has 0 radical (unpaired) electrons. The number of aryl methyl sites for hydroxylation is 1. The van der Waals surface area contributed by atoms with Gasteiger partial charge in [-0.15, -0.1) is 5.10 Å². The summed E-state index contributed by atoms with van der Waals surface area (Å²) in [7, 11) is 0. The van der Waals surface area contributed by atoms with Crippen molar-refractivity contribution in [2.24, 2.45) is 0 Å². The number of alkyl halides is 1. The molecule has 1 aliphatic carbocycles. The first-order valence-corrected chi connectivity index (χ1v) is 9.15. The fourth-order valence-corrected chi connectivity index (χ4v) is 3.26. The summed E-state index contributed by atoms with van der Waals surface area (Å²) >= 11 is 0. The molecule has 0 saturated carbocycles. The third-order valence-corrected chi connectivity index (χ3v) is 4.86. The van der Waals surface area contributed by atoms with Crippen LogP contribution in [-0.4, -0.2) is 33.3 Å². The molecule has 0 spiro atoms. The van der Waals surface area contributed by atoms with E-state index in [1.807, 2.05) is 22.9 Å². The quantitative estimate of drug-likeness (QED) is 0.833. The molecule has 6 heteroatoms. The largest absolute Gasteiger partial charge is 0.472 e. The summed E-state index contributed by atoms with van der Waals surface area (Å²) in [5.74, 6) is 0.504. The maximum absolute atomic E-state index is 13.2. The van der Waals surface area contributed by atoms with E-state index in [1.165, 1.54) is 11.6 Å². The van der Waals surface area contributed by atoms with Gasteiger partial charge in [0.05, 0.1) is 18.8 Å². The molecule has 1 atom stereocenters. The predicted octanol–water partition coefficient (Wildman–Crippen LogP) is 3.34. The first kappa shape index (κ1) is 17.5. The highest BCUT2D eigenvalue weighted by molar-refractivity contribution is 5.96. The van der Waals surface area contributed by atoms with Crippen LogP contribution in [0.5, 0.6) is 5.88 Å².